The Balaban J connectivity index is 5.51. The van der Waals surface area contributed by atoms with E-state index in [1.165, 1.54) is 57.8 Å². The Morgan fingerprint density at radius 3 is 1.42 bits per heavy atom. The summed E-state index contributed by atoms with van der Waals surface area (Å²) in [6, 6.07) is -0.943. The summed E-state index contributed by atoms with van der Waals surface area (Å²) >= 11 is 0. The summed E-state index contributed by atoms with van der Waals surface area (Å²) in [7, 11) is 1.10. The van der Waals surface area contributed by atoms with E-state index in [0.29, 0.717) is 23.9 Å². The van der Waals surface area contributed by atoms with Crippen LogP contribution < -0.4 is 10.2 Å². The lowest BCUT2D eigenvalue weighted by molar-refractivity contribution is -0.870. The SMILES string of the molecule is CC\C=C/C=C/C=C/C=C\C=C\C=C\CCCCCC(=O)OC(/C=C\CCCCCCCCCCCCC)C(COP(=O)([O-])OCC[N+](C)(C)C)NC(=O)CCCC/C=C\C/C=C\C/C=C\C/C=C\C/C=C\C/C=C\CC. The lowest BCUT2D eigenvalue weighted by Crippen LogP contribution is -2.47. The largest absolute Gasteiger partial charge is 0.756 e. The first-order valence-corrected chi connectivity index (χ1v) is 31.3. The van der Waals surface area contributed by atoms with E-state index in [9.17, 15) is 19.0 Å². The zero-order chi connectivity index (χ0) is 56.4. The van der Waals surface area contributed by atoms with Crippen molar-refractivity contribution in [2.75, 3.05) is 40.9 Å². The van der Waals surface area contributed by atoms with E-state index in [0.717, 1.165) is 96.3 Å². The van der Waals surface area contributed by atoms with E-state index in [2.05, 4.69) is 111 Å². The minimum atomic E-state index is -4.73. The lowest BCUT2D eigenvalue weighted by Gasteiger charge is -2.30. The Morgan fingerprint density at radius 1 is 0.481 bits per heavy atom. The molecule has 0 aromatic heterocycles. The maximum absolute atomic E-state index is 13.5. The first-order chi connectivity index (χ1) is 37.4. The van der Waals surface area contributed by atoms with Crippen molar-refractivity contribution in [2.45, 2.75) is 213 Å². The van der Waals surface area contributed by atoms with Crippen molar-refractivity contribution in [3.8, 4) is 0 Å². The number of esters is 1. The number of unbranched alkanes of at least 4 members (excludes halogenated alkanes) is 16. The molecule has 77 heavy (non-hydrogen) atoms. The van der Waals surface area contributed by atoms with Gasteiger partial charge in [-0.25, -0.2) is 0 Å². The molecule has 434 valence electrons. The van der Waals surface area contributed by atoms with Gasteiger partial charge in [0.2, 0.25) is 5.91 Å². The molecule has 0 saturated heterocycles. The number of phosphoric ester groups is 1. The third-order valence-electron chi connectivity index (χ3n) is 12.1. The minimum absolute atomic E-state index is 0.0486. The number of ether oxygens (including phenoxy) is 1. The molecule has 0 aliphatic rings. The van der Waals surface area contributed by atoms with Crippen LogP contribution in [0.2, 0.25) is 0 Å². The highest BCUT2D eigenvalue weighted by Gasteiger charge is 2.27. The van der Waals surface area contributed by atoms with Gasteiger partial charge in [-0.05, 0) is 102 Å². The summed E-state index contributed by atoms with van der Waals surface area (Å²) in [5.41, 5.74) is 0. The average molecular weight is 1090 g/mol. The van der Waals surface area contributed by atoms with Gasteiger partial charge in [0, 0.05) is 12.8 Å². The first-order valence-electron chi connectivity index (χ1n) is 29.9. The molecule has 9 nitrogen and oxygen atoms in total. The van der Waals surface area contributed by atoms with Crippen LogP contribution in [0.1, 0.15) is 201 Å². The number of rotatable bonds is 51. The van der Waals surface area contributed by atoms with Gasteiger partial charge in [0.15, 0.2) is 0 Å². The van der Waals surface area contributed by atoms with Gasteiger partial charge in [-0.3, -0.25) is 14.2 Å². The van der Waals surface area contributed by atoms with Crippen LogP contribution in [-0.2, 0) is 27.9 Å². The number of allylic oxidation sites excluding steroid dienone is 25. The smallest absolute Gasteiger partial charge is 0.306 e. The van der Waals surface area contributed by atoms with Gasteiger partial charge in [0.05, 0.1) is 33.8 Å². The molecular weight excluding hydrogens is 976 g/mol. The number of hydrogen-bond donors (Lipinski definition) is 1. The van der Waals surface area contributed by atoms with Crippen molar-refractivity contribution in [2.24, 2.45) is 0 Å². The lowest BCUT2D eigenvalue weighted by atomic mass is 10.0. The van der Waals surface area contributed by atoms with Crippen LogP contribution in [-0.4, -0.2) is 69.4 Å². The van der Waals surface area contributed by atoms with Gasteiger partial charge in [-0.15, -0.1) is 0 Å². The second kappa shape index (κ2) is 55.0. The van der Waals surface area contributed by atoms with E-state index < -0.39 is 32.5 Å². The average Bonchev–Trinajstić information content (AvgIpc) is 3.39. The molecule has 0 aliphatic heterocycles. The van der Waals surface area contributed by atoms with Crippen molar-refractivity contribution >= 4 is 19.7 Å². The van der Waals surface area contributed by atoms with Crippen molar-refractivity contribution in [1.82, 2.24) is 5.32 Å². The fourth-order valence-electron chi connectivity index (χ4n) is 7.55. The molecule has 0 saturated carbocycles. The molecule has 0 bridgehead atoms. The summed E-state index contributed by atoms with van der Waals surface area (Å²) in [6.07, 6.45) is 80.7. The molecular formula is C67H109N2O7P. The molecule has 0 rings (SSSR count). The van der Waals surface area contributed by atoms with E-state index in [1.807, 2.05) is 88.0 Å². The van der Waals surface area contributed by atoms with Gasteiger partial charge < -0.3 is 28.5 Å². The standard InChI is InChI=1S/C67H109N2O7P/c1-7-10-13-16-19-22-25-28-30-32-33-34-35-37-38-41-44-47-50-53-56-59-66(70)68-64(63-75-77(72,73)74-62-61-69(4,5)6)65(58-55-52-49-46-43-40-27-24-21-18-15-12-9-3)76-67(71)60-57-54-51-48-45-42-39-36-31-29-26-23-20-17-14-11-8-2/h10-11,13-14,17,19-20,22-23,26,28-31,33-34,36-39,42,44-45,47,55,58,64-65H,7-9,12,15-16,18,21,24-25,27,32,35,40-41,43,46,48-54,56-57,59-63H2,1-6H3,(H-,68,70,72,73)/b13-10-,14-11-,20-17+,22-19-,26-23+,30-28-,31-29-,34-33-,38-37-,39-36+,45-42+,47-44-,58-55-. The third kappa shape index (κ3) is 56.2. The van der Waals surface area contributed by atoms with Crippen LogP contribution in [0.25, 0.3) is 0 Å². The molecule has 0 aromatic carbocycles. The normalized spacial score (nSPS) is 14.8. The number of hydrogen-bond acceptors (Lipinski definition) is 7. The molecule has 1 amide bonds. The predicted octanol–water partition coefficient (Wildman–Crippen LogP) is 17.8. The minimum Gasteiger partial charge on any atom is -0.756 e. The van der Waals surface area contributed by atoms with Crippen molar-refractivity contribution in [1.29, 1.82) is 0 Å². The summed E-state index contributed by atoms with van der Waals surface area (Å²) < 4.78 is 30.2. The summed E-state index contributed by atoms with van der Waals surface area (Å²) in [4.78, 5) is 39.9. The first kappa shape index (κ1) is 72.6. The van der Waals surface area contributed by atoms with Gasteiger partial charge in [-0.1, -0.05) is 243 Å². The molecule has 0 aromatic rings. The maximum atomic E-state index is 13.5. The van der Waals surface area contributed by atoms with Crippen LogP contribution in [0, 0.1) is 0 Å². The summed E-state index contributed by atoms with van der Waals surface area (Å²) in [6.45, 7) is 6.48. The fourth-order valence-corrected chi connectivity index (χ4v) is 8.28. The Morgan fingerprint density at radius 2 is 0.896 bits per heavy atom. The quantitative estimate of drug-likeness (QED) is 0.0161. The number of phosphoric acid groups is 1. The highest BCUT2D eigenvalue weighted by Crippen LogP contribution is 2.38. The highest BCUT2D eigenvalue weighted by atomic mass is 31.2. The van der Waals surface area contributed by atoms with Crippen molar-refractivity contribution < 1.29 is 37.3 Å². The number of amides is 1. The van der Waals surface area contributed by atoms with Crippen LogP contribution >= 0.6 is 7.82 Å². The molecule has 1 N–H and O–H groups in total. The van der Waals surface area contributed by atoms with E-state index in [-0.39, 0.29) is 25.4 Å². The predicted molar refractivity (Wildman–Crippen MR) is 329 cm³/mol. The third-order valence-corrected chi connectivity index (χ3v) is 13.1. The van der Waals surface area contributed by atoms with E-state index in [4.69, 9.17) is 13.8 Å². The second-order valence-corrected chi connectivity index (χ2v) is 21.9. The number of carbonyl (C=O) groups excluding carboxylic acids is 2. The van der Waals surface area contributed by atoms with Crippen LogP contribution in [0.15, 0.2) is 158 Å². The Hall–Kier alpha value is -4.37. The molecule has 0 aliphatic carbocycles. The fraction of sp³-hybridized carbons (Fsp3) is 0.582. The van der Waals surface area contributed by atoms with E-state index >= 15 is 0 Å². The van der Waals surface area contributed by atoms with E-state index in [1.54, 1.807) is 6.08 Å². The van der Waals surface area contributed by atoms with Gasteiger partial charge in [-0.2, -0.15) is 0 Å². The molecule has 3 unspecified atom stereocenters. The molecule has 0 fully saturated rings. The van der Waals surface area contributed by atoms with Crippen LogP contribution in [0.4, 0.5) is 0 Å². The number of likely N-dealkylation sites (N-methyl/N-ethyl adjacent to an activating group) is 1. The molecule has 10 heteroatoms. The zero-order valence-electron chi connectivity index (χ0n) is 49.3. The second-order valence-electron chi connectivity index (χ2n) is 20.5. The monoisotopic (exact) mass is 1080 g/mol. The zero-order valence-corrected chi connectivity index (χ0v) is 50.2. The summed E-state index contributed by atoms with van der Waals surface area (Å²) in [5.74, 6) is -0.659. The number of nitrogens with one attached hydrogen (secondary N) is 1. The summed E-state index contributed by atoms with van der Waals surface area (Å²) in [5, 5.41) is 2.98. The van der Waals surface area contributed by atoms with Crippen LogP contribution in [0.5, 0.6) is 0 Å². The molecule has 0 heterocycles. The molecule has 0 spiro atoms. The van der Waals surface area contributed by atoms with Crippen LogP contribution in [0.3, 0.4) is 0 Å². The van der Waals surface area contributed by atoms with Crippen molar-refractivity contribution in [3.05, 3.63) is 158 Å². The molecule has 0 radical (unpaired) electrons. The Bertz CT molecular complexity index is 1870. The van der Waals surface area contributed by atoms with Gasteiger partial charge >= 0.3 is 5.97 Å². The Kier molecular flexibility index (Phi) is 51.8. The Labute approximate surface area is 471 Å². The number of nitrogens with zero attached hydrogens (tertiary/aromatic N) is 1. The van der Waals surface area contributed by atoms with Crippen molar-refractivity contribution in [3.63, 3.8) is 0 Å². The highest BCUT2D eigenvalue weighted by molar-refractivity contribution is 7.45. The van der Waals surface area contributed by atoms with Gasteiger partial charge in [0.1, 0.15) is 19.3 Å². The maximum Gasteiger partial charge on any atom is 0.306 e. The number of quaternary nitrogens is 1. The molecule has 3 atom stereocenters. The topological polar surface area (TPSA) is 114 Å². The number of carbonyl (C=O) groups is 2. The van der Waals surface area contributed by atoms with Gasteiger partial charge in [0.25, 0.3) is 7.82 Å².